The van der Waals surface area contributed by atoms with E-state index in [2.05, 4.69) is 26.6 Å². The van der Waals surface area contributed by atoms with E-state index in [0.29, 0.717) is 36.5 Å². The fourth-order valence-electron chi connectivity index (χ4n) is 2.92. The number of rotatable bonds is 8. The van der Waals surface area contributed by atoms with Gasteiger partial charge in [-0.1, -0.05) is 34.8 Å². The Morgan fingerprint density at radius 1 is 1.00 bits per heavy atom. The lowest BCUT2D eigenvalue weighted by Gasteiger charge is -2.14. The molecule has 0 bridgehead atoms. The van der Waals surface area contributed by atoms with Gasteiger partial charge in [-0.05, 0) is 82.2 Å². The number of nitrogens with zero attached hydrogens (tertiary/aromatic N) is 1. The van der Waals surface area contributed by atoms with Crippen LogP contribution in [0.2, 0.25) is 15.1 Å². The van der Waals surface area contributed by atoms with Gasteiger partial charge in [0.15, 0.2) is 18.1 Å². The fraction of sp³-hybridized carbons (Fsp3) is 0.0800. The largest absolute Gasteiger partial charge is 0.493 e. The average molecular weight is 610 g/mol. The number of ether oxygens (including phenoxy) is 2. The molecule has 0 spiro atoms. The molecule has 0 aliphatic carbocycles. The Balaban J connectivity index is 1.73. The van der Waals surface area contributed by atoms with Crippen LogP contribution in [0.4, 0.5) is 11.4 Å². The van der Waals surface area contributed by atoms with Gasteiger partial charge in [0.05, 0.1) is 21.6 Å². The lowest BCUT2D eigenvalue weighted by atomic mass is 10.1. The zero-order valence-corrected chi connectivity index (χ0v) is 22.4. The van der Waals surface area contributed by atoms with Crippen molar-refractivity contribution in [3.63, 3.8) is 0 Å². The first-order chi connectivity index (χ1) is 17.2. The van der Waals surface area contributed by atoms with Crippen LogP contribution >= 0.6 is 50.7 Å². The van der Waals surface area contributed by atoms with Crippen molar-refractivity contribution in [2.24, 2.45) is 0 Å². The summed E-state index contributed by atoms with van der Waals surface area (Å²) in [5.41, 5.74) is 1.32. The molecule has 0 atom stereocenters. The SMILES string of the molecule is COc1cc(/C=C(/C#N)C(=O)Nc2ccc(Cl)cc2)cc(Br)c1OCC(=O)Nc1ccc(Cl)c(Cl)c1. The minimum Gasteiger partial charge on any atom is -0.493 e. The van der Waals surface area contributed by atoms with Crippen LogP contribution in [0.3, 0.4) is 0 Å². The van der Waals surface area contributed by atoms with E-state index in [1.165, 1.54) is 19.3 Å². The van der Waals surface area contributed by atoms with Gasteiger partial charge in [-0.2, -0.15) is 5.26 Å². The molecule has 3 aromatic carbocycles. The van der Waals surface area contributed by atoms with Gasteiger partial charge in [0, 0.05) is 16.4 Å². The minimum absolute atomic E-state index is 0.131. The van der Waals surface area contributed by atoms with Gasteiger partial charge in [-0.25, -0.2) is 0 Å². The molecule has 0 heterocycles. The lowest BCUT2D eigenvalue weighted by Crippen LogP contribution is -2.20. The highest BCUT2D eigenvalue weighted by Crippen LogP contribution is 2.37. The van der Waals surface area contributed by atoms with Crippen LogP contribution in [0.1, 0.15) is 5.56 Å². The molecule has 11 heteroatoms. The standard InChI is InChI=1S/C25H17BrCl3N3O4/c1-35-22-10-14(8-15(12-30)25(34)32-17-4-2-16(27)3-5-17)9-19(26)24(22)36-13-23(33)31-18-6-7-20(28)21(29)11-18/h2-11H,13H2,1H3,(H,31,33)(H,32,34)/b15-8-. The molecule has 3 aromatic rings. The van der Waals surface area contributed by atoms with E-state index in [1.54, 1.807) is 48.5 Å². The second-order valence-corrected chi connectivity index (χ2v) is 9.24. The van der Waals surface area contributed by atoms with Gasteiger partial charge in [0.1, 0.15) is 11.6 Å². The van der Waals surface area contributed by atoms with Crippen molar-refractivity contribution >= 4 is 80.0 Å². The third-order valence-electron chi connectivity index (χ3n) is 4.58. The summed E-state index contributed by atoms with van der Waals surface area (Å²) in [5.74, 6) is -0.470. The van der Waals surface area contributed by atoms with Gasteiger partial charge >= 0.3 is 0 Å². The van der Waals surface area contributed by atoms with Gasteiger partial charge in [-0.3, -0.25) is 9.59 Å². The van der Waals surface area contributed by atoms with Crippen molar-refractivity contribution in [2.45, 2.75) is 0 Å². The number of methoxy groups -OCH3 is 1. The maximum atomic E-state index is 12.5. The zero-order chi connectivity index (χ0) is 26.2. The van der Waals surface area contributed by atoms with E-state index in [9.17, 15) is 14.9 Å². The highest BCUT2D eigenvalue weighted by atomic mass is 79.9. The van der Waals surface area contributed by atoms with Crippen molar-refractivity contribution in [3.8, 4) is 17.6 Å². The van der Waals surface area contributed by atoms with Crippen LogP contribution in [0.5, 0.6) is 11.5 Å². The summed E-state index contributed by atoms with van der Waals surface area (Å²) < 4.78 is 11.5. The Bertz CT molecular complexity index is 1370. The number of halogens is 4. The summed E-state index contributed by atoms with van der Waals surface area (Å²) in [7, 11) is 1.43. The number of carbonyl (C=O) groups is 2. The van der Waals surface area contributed by atoms with Crippen molar-refractivity contribution in [3.05, 3.63) is 85.3 Å². The molecule has 0 aromatic heterocycles. The first kappa shape index (κ1) is 27.4. The van der Waals surface area contributed by atoms with Crippen molar-refractivity contribution in [2.75, 3.05) is 24.4 Å². The van der Waals surface area contributed by atoms with Gasteiger partial charge in [0.25, 0.3) is 11.8 Å². The van der Waals surface area contributed by atoms with Gasteiger partial charge in [0.2, 0.25) is 0 Å². The molecule has 0 saturated carbocycles. The maximum absolute atomic E-state index is 12.5. The Hall–Kier alpha value is -3.22. The van der Waals surface area contributed by atoms with Crippen LogP contribution in [-0.4, -0.2) is 25.5 Å². The van der Waals surface area contributed by atoms with Gasteiger partial charge in [-0.15, -0.1) is 0 Å². The van der Waals surface area contributed by atoms with Crippen LogP contribution in [0, 0.1) is 11.3 Å². The summed E-state index contributed by atoms with van der Waals surface area (Å²) in [6.07, 6.45) is 1.40. The molecule has 2 N–H and O–H groups in total. The number of carbonyl (C=O) groups excluding carboxylic acids is 2. The number of anilines is 2. The summed E-state index contributed by atoms with van der Waals surface area (Å²) in [5, 5.41) is 16.0. The van der Waals surface area contributed by atoms with E-state index in [0.717, 1.165) is 0 Å². The molecule has 36 heavy (non-hydrogen) atoms. The number of nitrogens with one attached hydrogen (secondary N) is 2. The summed E-state index contributed by atoms with van der Waals surface area (Å²) in [6, 6.07) is 16.3. The zero-order valence-electron chi connectivity index (χ0n) is 18.6. The molecule has 0 aliphatic rings. The second-order valence-electron chi connectivity index (χ2n) is 7.13. The topological polar surface area (TPSA) is 100 Å². The molecular formula is C25H17BrCl3N3O4. The highest BCUT2D eigenvalue weighted by Gasteiger charge is 2.16. The van der Waals surface area contributed by atoms with E-state index >= 15 is 0 Å². The number of hydrogen-bond donors (Lipinski definition) is 2. The smallest absolute Gasteiger partial charge is 0.266 e. The lowest BCUT2D eigenvalue weighted by molar-refractivity contribution is -0.118. The van der Waals surface area contributed by atoms with Crippen LogP contribution < -0.4 is 20.1 Å². The van der Waals surface area contributed by atoms with E-state index in [-0.39, 0.29) is 23.7 Å². The summed E-state index contributed by atoms with van der Waals surface area (Å²) in [4.78, 5) is 24.9. The predicted molar refractivity (Wildman–Crippen MR) is 145 cm³/mol. The average Bonchev–Trinajstić information content (AvgIpc) is 2.85. The quantitative estimate of drug-likeness (QED) is 0.212. The molecule has 184 valence electrons. The Morgan fingerprint density at radius 3 is 2.33 bits per heavy atom. The summed E-state index contributed by atoms with van der Waals surface area (Å²) in [6.45, 7) is -0.322. The van der Waals surface area contributed by atoms with E-state index in [4.69, 9.17) is 44.3 Å². The third-order valence-corrected chi connectivity index (χ3v) is 6.16. The molecule has 3 rings (SSSR count). The minimum atomic E-state index is -0.589. The highest BCUT2D eigenvalue weighted by molar-refractivity contribution is 9.10. The number of hydrogen-bond acceptors (Lipinski definition) is 5. The molecule has 0 unspecified atom stereocenters. The maximum Gasteiger partial charge on any atom is 0.266 e. The summed E-state index contributed by atoms with van der Waals surface area (Å²) >= 11 is 21.1. The second kappa shape index (κ2) is 12.7. The molecule has 0 aliphatic heterocycles. The molecule has 7 nitrogen and oxygen atoms in total. The van der Waals surface area contributed by atoms with Crippen molar-refractivity contribution in [1.29, 1.82) is 5.26 Å². The monoisotopic (exact) mass is 607 g/mol. The van der Waals surface area contributed by atoms with E-state index < -0.39 is 11.8 Å². The Morgan fingerprint density at radius 2 is 1.69 bits per heavy atom. The normalized spacial score (nSPS) is 10.8. The van der Waals surface area contributed by atoms with Crippen LogP contribution in [0.15, 0.2) is 64.6 Å². The molecule has 0 saturated heterocycles. The van der Waals surface area contributed by atoms with E-state index in [1.807, 2.05) is 6.07 Å². The van der Waals surface area contributed by atoms with Crippen molar-refractivity contribution < 1.29 is 19.1 Å². The Kier molecular flexibility index (Phi) is 9.62. The number of nitriles is 1. The Labute approximate surface area is 230 Å². The predicted octanol–water partition coefficient (Wildman–Crippen LogP) is 6.98. The van der Waals surface area contributed by atoms with Crippen LogP contribution in [0.25, 0.3) is 6.08 Å². The fourth-order valence-corrected chi connectivity index (χ4v) is 3.92. The number of benzene rings is 3. The van der Waals surface area contributed by atoms with Crippen molar-refractivity contribution in [1.82, 2.24) is 0 Å². The molecular weight excluding hydrogens is 593 g/mol. The number of amides is 2. The first-order valence-electron chi connectivity index (χ1n) is 10.1. The molecule has 0 radical (unpaired) electrons. The molecule has 2 amide bonds. The van der Waals surface area contributed by atoms with Gasteiger partial charge < -0.3 is 20.1 Å². The molecule has 0 fully saturated rings. The van der Waals surface area contributed by atoms with Crippen LogP contribution in [-0.2, 0) is 9.59 Å². The third kappa shape index (κ3) is 7.39. The first-order valence-corrected chi connectivity index (χ1v) is 12.1.